The lowest BCUT2D eigenvalue weighted by Gasteiger charge is -2.29. The van der Waals surface area contributed by atoms with E-state index < -0.39 is 0 Å². The van der Waals surface area contributed by atoms with Crippen LogP contribution in [0.4, 0.5) is 0 Å². The van der Waals surface area contributed by atoms with E-state index in [4.69, 9.17) is 23.8 Å². The largest absolute Gasteiger partial charge is 0.459 e. The topological polar surface area (TPSA) is 69.9 Å². The summed E-state index contributed by atoms with van der Waals surface area (Å²) in [4.78, 5) is 15.0. The Hall–Kier alpha value is -8.09. The van der Waals surface area contributed by atoms with Gasteiger partial charge in [0, 0.05) is 44.0 Å². The summed E-state index contributed by atoms with van der Waals surface area (Å²) in [6, 6.07) is 62.2. The maximum atomic E-state index is 6.75. The number of aryl methyl sites for hydroxylation is 2. The summed E-state index contributed by atoms with van der Waals surface area (Å²) < 4.78 is 15.6. The van der Waals surface area contributed by atoms with E-state index in [0.29, 0.717) is 17.5 Å². The van der Waals surface area contributed by atoms with Crippen LogP contribution in [-0.4, -0.2) is 19.5 Å². The molecule has 8 aromatic carbocycles. The molecule has 63 heavy (non-hydrogen) atoms. The molecule has 0 spiro atoms. The molecule has 4 heterocycles. The van der Waals surface area contributed by atoms with Crippen molar-refractivity contribution in [2.75, 3.05) is 0 Å². The average Bonchev–Trinajstić information content (AvgIpc) is 3.98. The number of fused-ring (bicyclic) bond motifs is 10. The molecule has 12 aromatic rings. The molecule has 0 N–H and O–H groups in total. The van der Waals surface area contributed by atoms with Crippen molar-refractivity contribution in [1.82, 2.24) is 19.5 Å². The molecule has 1 atom stereocenters. The lowest BCUT2D eigenvalue weighted by atomic mass is 9.75. The molecule has 0 saturated carbocycles. The average molecular weight is 811 g/mol. The Kier molecular flexibility index (Phi) is 7.76. The summed E-state index contributed by atoms with van der Waals surface area (Å²) in [6.45, 7) is 4.20. The van der Waals surface area contributed by atoms with Crippen LogP contribution in [0, 0.1) is 13.8 Å². The molecule has 4 aromatic heterocycles. The molecule has 1 unspecified atom stereocenters. The first-order valence-corrected chi connectivity index (χ1v) is 21.5. The van der Waals surface area contributed by atoms with Crippen molar-refractivity contribution >= 4 is 54.7 Å². The van der Waals surface area contributed by atoms with Crippen LogP contribution in [-0.2, 0) is 6.42 Å². The molecular weight excluding hydrogens is 773 g/mol. The first kappa shape index (κ1) is 35.6. The van der Waals surface area contributed by atoms with Crippen molar-refractivity contribution < 1.29 is 8.83 Å². The number of para-hydroxylation sites is 3. The zero-order valence-electron chi connectivity index (χ0n) is 34.6. The molecular formula is C57H38N4O2. The quantitative estimate of drug-likeness (QED) is 0.173. The normalized spacial score (nSPS) is 13.7. The van der Waals surface area contributed by atoms with Gasteiger partial charge in [-0.2, -0.15) is 0 Å². The van der Waals surface area contributed by atoms with E-state index in [2.05, 4.69) is 128 Å². The van der Waals surface area contributed by atoms with Gasteiger partial charge in [-0.15, -0.1) is 0 Å². The number of benzene rings is 8. The van der Waals surface area contributed by atoms with Crippen LogP contribution in [0.1, 0.15) is 33.9 Å². The second kappa shape index (κ2) is 13.7. The van der Waals surface area contributed by atoms with Crippen molar-refractivity contribution in [3.8, 4) is 51.0 Å². The predicted molar refractivity (Wildman–Crippen MR) is 254 cm³/mol. The van der Waals surface area contributed by atoms with Gasteiger partial charge in [-0.25, -0.2) is 15.0 Å². The lowest BCUT2D eigenvalue weighted by Crippen LogP contribution is -2.12. The maximum absolute atomic E-state index is 6.75. The third-order valence-electron chi connectivity index (χ3n) is 13.2. The van der Waals surface area contributed by atoms with E-state index >= 15 is 0 Å². The first-order valence-electron chi connectivity index (χ1n) is 21.5. The Labute approximate surface area is 362 Å². The number of aromatic nitrogens is 4. The van der Waals surface area contributed by atoms with Gasteiger partial charge < -0.3 is 13.4 Å². The number of hydrogen-bond donors (Lipinski definition) is 0. The molecule has 1 aliphatic rings. The van der Waals surface area contributed by atoms with E-state index in [1.165, 1.54) is 55.2 Å². The van der Waals surface area contributed by atoms with Gasteiger partial charge in [0.1, 0.15) is 16.9 Å². The molecule has 6 heteroatoms. The van der Waals surface area contributed by atoms with Crippen molar-refractivity contribution in [3.63, 3.8) is 0 Å². The summed E-state index contributed by atoms with van der Waals surface area (Å²) in [6.07, 6.45) is 0.871. The van der Waals surface area contributed by atoms with Crippen molar-refractivity contribution in [3.05, 3.63) is 204 Å². The number of furan rings is 2. The Morgan fingerprint density at radius 2 is 1.14 bits per heavy atom. The van der Waals surface area contributed by atoms with Crippen LogP contribution in [0.25, 0.3) is 106 Å². The molecule has 0 fully saturated rings. The molecule has 0 radical (unpaired) electrons. The van der Waals surface area contributed by atoms with Gasteiger partial charge >= 0.3 is 0 Å². The van der Waals surface area contributed by atoms with Gasteiger partial charge in [-0.05, 0) is 96.1 Å². The zero-order chi connectivity index (χ0) is 41.8. The third kappa shape index (κ3) is 5.47. The molecule has 0 bridgehead atoms. The zero-order valence-corrected chi connectivity index (χ0v) is 34.6. The van der Waals surface area contributed by atoms with Crippen LogP contribution < -0.4 is 0 Å². The van der Waals surface area contributed by atoms with E-state index in [-0.39, 0.29) is 5.92 Å². The van der Waals surface area contributed by atoms with E-state index in [9.17, 15) is 0 Å². The summed E-state index contributed by atoms with van der Waals surface area (Å²) in [5.41, 5.74) is 16.3. The number of nitrogens with zero attached hydrogens (tertiary/aromatic N) is 4. The molecule has 0 aliphatic heterocycles. The van der Waals surface area contributed by atoms with Crippen LogP contribution in [0.5, 0.6) is 0 Å². The van der Waals surface area contributed by atoms with Crippen molar-refractivity contribution in [2.24, 2.45) is 0 Å². The minimum atomic E-state index is 0.144. The third-order valence-corrected chi connectivity index (χ3v) is 13.2. The highest BCUT2D eigenvalue weighted by Gasteiger charge is 2.29. The van der Waals surface area contributed by atoms with Crippen LogP contribution >= 0.6 is 0 Å². The summed E-state index contributed by atoms with van der Waals surface area (Å²) in [7, 11) is 0. The second-order valence-electron chi connectivity index (χ2n) is 16.7. The summed E-state index contributed by atoms with van der Waals surface area (Å²) in [5, 5.41) is 5.73. The van der Waals surface area contributed by atoms with Gasteiger partial charge in [-0.3, -0.25) is 0 Å². The monoisotopic (exact) mass is 810 g/mol. The fourth-order valence-corrected chi connectivity index (χ4v) is 10.1. The highest BCUT2D eigenvalue weighted by Crippen LogP contribution is 2.47. The minimum absolute atomic E-state index is 0.144. The first-order chi connectivity index (χ1) is 31.1. The lowest BCUT2D eigenvalue weighted by molar-refractivity contribution is 0.573. The Balaban J connectivity index is 0.950. The molecule has 1 aliphatic carbocycles. The second-order valence-corrected chi connectivity index (χ2v) is 16.7. The summed E-state index contributed by atoms with van der Waals surface area (Å²) >= 11 is 0. The molecule has 0 saturated heterocycles. The molecule has 6 nitrogen and oxygen atoms in total. The predicted octanol–water partition coefficient (Wildman–Crippen LogP) is 14.6. The molecule has 298 valence electrons. The maximum Gasteiger partial charge on any atom is 0.167 e. The highest BCUT2D eigenvalue weighted by atomic mass is 16.3. The fourth-order valence-electron chi connectivity index (χ4n) is 10.1. The van der Waals surface area contributed by atoms with Gasteiger partial charge in [0.25, 0.3) is 0 Å². The standard InChI is InChI=1S/C57H38N4O2/c1-33-34(2)62-54-39(33)22-14-26-50(54)61-49-25-12-11-21-42(49)47-31-38-30-45(40-19-9-10-20-41(40)46(38)32-51(47)61)37-27-28-52-48(29-37)43-23-13-24-44(53(43)63-52)57-59-55(35-15-5-3-6-16-35)58-56(60-57)36-17-7-4-8-18-36/h3-29,31-32,45H,30H2,1-2H3. The summed E-state index contributed by atoms with van der Waals surface area (Å²) in [5.74, 6) is 2.91. The number of hydrogen-bond acceptors (Lipinski definition) is 5. The van der Waals surface area contributed by atoms with Gasteiger partial charge in [-0.1, -0.05) is 133 Å². The van der Waals surface area contributed by atoms with E-state index in [0.717, 1.165) is 67.5 Å². The molecule has 0 amide bonds. The van der Waals surface area contributed by atoms with Crippen LogP contribution in [0.2, 0.25) is 0 Å². The van der Waals surface area contributed by atoms with Crippen LogP contribution in [0.15, 0.2) is 185 Å². The highest BCUT2D eigenvalue weighted by molar-refractivity contribution is 6.12. The fraction of sp³-hybridized carbons (Fsp3) is 0.0702. The van der Waals surface area contributed by atoms with E-state index in [1.54, 1.807) is 0 Å². The van der Waals surface area contributed by atoms with E-state index in [1.807, 2.05) is 66.7 Å². The van der Waals surface area contributed by atoms with Gasteiger partial charge in [0.15, 0.2) is 23.1 Å². The minimum Gasteiger partial charge on any atom is -0.459 e. The van der Waals surface area contributed by atoms with Crippen molar-refractivity contribution in [1.29, 1.82) is 0 Å². The Morgan fingerprint density at radius 3 is 1.95 bits per heavy atom. The molecule has 13 rings (SSSR count). The Morgan fingerprint density at radius 1 is 0.476 bits per heavy atom. The van der Waals surface area contributed by atoms with Crippen LogP contribution in [0.3, 0.4) is 0 Å². The Bertz CT molecular complexity index is 3740. The smallest absolute Gasteiger partial charge is 0.167 e. The SMILES string of the molecule is Cc1oc2c(-n3c4ccccc4c4cc5c(cc43)-c3ccccc3C(c3ccc4oc6c(-c7nc(-c8ccccc8)nc(-c8ccccc8)n7)cccc6c4c3)C5)cccc2c1C. The van der Waals surface area contributed by atoms with Gasteiger partial charge in [0.05, 0.1) is 22.3 Å². The van der Waals surface area contributed by atoms with Crippen molar-refractivity contribution in [2.45, 2.75) is 26.2 Å². The number of rotatable bonds is 5. The van der Waals surface area contributed by atoms with Gasteiger partial charge in [0.2, 0.25) is 0 Å².